The zero-order valence-corrected chi connectivity index (χ0v) is 13.0. The Morgan fingerprint density at radius 1 is 1.16 bits per heavy atom. The number of benzene rings is 2. The monoisotopic (exact) mass is 345 g/mol. The molecule has 2 N–H and O–H groups in total. The van der Waals surface area contributed by atoms with Crippen molar-refractivity contribution in [2.75, 3.05) is 0 Å². The average Bonchev–Trinajstić information content (AvgIpc) is 2.89. The second-order valence-corrected chi connectivity index (χ2v) is 5.26. The Morgan fingerprint density at radius 2 is 1.84 bits per heavy atom. The van der Waals surface area contributed by atoms with Gasteiger partial charge >= 0.3 is 5.91 Å². The van der Waals surface area contributed by atoms with Crippen LogP contribution in [0.5, 0.6) is 11.6 Å². The van der Waals surface area contributed by atoms with Gasteiger partial charge in [-0.2, -0.15) is 0 Å². The number of carbonyl (C=O) groups excluding carboxylic acids is 1. The second-order valence-electron chi connectivity index (χ2n) is 5.26. The van der Waals surface area contributed by atoms with E-state index in [-0.39, 0.29) is 11.6 Å². The zero-order chi connectivity index (χ0) is 18.0. The van der Waals surface area contributed by atoms with E-state index in [9.17, 15) is 18.7 Å². The van der Waals surface area contributed by atoms with E-state index >= 15 is 0 Å². The fraction of sp³-hybridized carbons (Fsp3) is 0.118. The molecule has 8 heteroatoms. The molecule has 25 heavy (non-hydrogen) atoms. The minimum Gasteiger partial charge on any atom is -0.493 e. The molecule has 0 saturated heterocycles. The summed E-state index contributed by atoms with van der Waals surface area (Å²) in [5.74, 6) is -1.61. The summed E-state index contributed by atoms with van der Waals surface area (Å²) in [5.41, 5.74) is 0.354. The van der Waals surface area contributed by atoms with Crippen molar-refractivity contribution in [1.29, 1.82) is 0 Å². The molecule has 1 amide bonds. The van der Waals surface area contributed by atoms with E-state index in [1.807, 2.05) is 0 Å². The van der Waals surface area contributed by atoms with Crippen molar-refractivity contribution in [2.24, 2.45) is 10.2 Å². The number of rotatable bonds is 4. The molecule has 0 spiro atoms. The number of amides is 1. The largest absolute Gasteiger partial charge is 0.493 e. The highest BCUT2D eigenvalue weighted by atomic mass is 19.1. The Bertz CT molecular complexity index is 952. The molecule has 1 heterocycles. The first kappa shape index (κ1) is 16.6. The van der Waals surface area contributed by atoms with Gasteiger partial charge in [-0.15, -0.1) is 10.2 Å². The average molecular weight is 345 g/mol. The number of aromatic hydroxyl groups is 1. The molecule has 0 bridgehead atoms. The first-order valence-electron chi connectivity index (χ1n) is 7.32. The van der Waals surface area contributed by atoms with E-state index in [2.05, 4.69) is 15.2 Å². The van der Waals surface area contributed by atoms with Crippen molar-refractivity contribution in [2.45, 2.75) is 13.0 Å². The highest BCUT2D eigenvalue weighted by Gasteiger charge is 2.16. The summed E-state index contributed by atoms with van der Waals surface area (Å²) in [5, 5.41) is 17.5. The van der Waals surface area contributed by atoms with Crippen LogP contribution in [0.1, 0.15) is 6.92 Å². The summed E-state index contributed by atoms with van der Waals surface area (Å²) >= 11 is 0. The van der Waals surface area contributed by atoms with Gasteiger partial charge in [0.25, 0.3) is 0 Å². The predicted octanol–water partition coefficient (Wildman–Crippen LogP) is 4.23. The van der Waals surface area contributed by atoms with Crippen LogP contribution in [0.15, 0.2) is 52.7 Å². The molecule has 128 valence electrons. The normalized spacial score (nSPS) is 12.6. The molecule has 0 aliphatic rings. The summed E-state index contributed by atoms with van der Waals surface area (Å²) in [4.78, 5) is 14.5. The third-order valence-electron chi connectivity index (χ3n) is 3.44. The molecule has 3 aromatic rings. The van der Waals surface area contributed by atoms with Crippen LogP contribution in [0, 0.1) is 11.6 Å². The topological polar surface area (TPSA) is 87.0 Å². The lowest BCUT2D eigenvalue weighted by Gasteiger charge is -2.10. The molecule has 0 radical (unpaired) electrons. The Labute approximate surface area is 140 Å². The van der Waals surface area contributed by atoms with Crippen molar-refractivity contribution in [1.82, 2.24) is 4.98 Å². The number of halogens is 2. The molecular weight excluding hydrogens is 332 g/mol. The molecule has 1 aromatic heterocycles. The van der Waals surface area contributed by atoms with Crippen LogP contribution in [0.3, 0.4) is 0 Å². The Hall–Kier alpha value is -3.29. The van der Waals surface area contributed by atoms with E-state index in [0.717, 1.165) is 0 Å². The standard InChI is InChI=1S/C17H13F2N3O3/c1-9(25-12-5-2-10(18)3-6-12)16(23)22-21-15-13-7-4-11(19)8-14(13)20-17(15)24/h2-9,20,24H,1H3/t9-/m0/s1. The first-order chi connectivity index (χ1) is 11.9. The number of azo groups is 1. The number of nitrogens with zero attached hydrogens (tertiary/aromatic N) is 2. The Morgan fingerprint density at radius 3 is 2.56 bits per heavy atom. The van der Waals surface area contributed by atoms with Crippen LogP contribution in [0.2, 0.25) is 0 Å². The number of ether oxygens (including phenoxy) is 1. The van der Waals surface area contributed by atoms with Crippen molar-refractivity contribution in [3.05, 3.63) is 54.1 Å². The fourth-order valence-electron chi connectivity index (χ4n) is 2.19. The van der Waals surface area contributed by atoms with Crippen LogP contribution in [0.4, 0.5) is 14.5 Å². The molecule has 1 atom stereocenters. The van der Waals surface area contributed by atoms with E-state index in [1.165, 1.54) is 49.4 Å². The van der Waals surface area contributed by atoms with Gasteiger partial charge in [0.05, 0.1) is 5.52 Å². The van der Waals surface area contributed by atoms with Gasteiger partial charge in [0, 0.05) is 5.39 Å². The number of hydrogen-bond acceptors (Lipinski definition) is 4. The lowest BCUT2D eigenvalue weighted by Crippen LogP contribution is -2.21. The fourth-order valence-corrected chi connectivity index (χ4v) is 2.19. The number of aromatic amines is 1. The van der Waals surface area contributed by atoms with Gasteiger partial charge in [-0.05, 0) is 49.4 Å². The quantitative estimate of drug-likeness (QED) is 0.694. The molecule has 3 rings (SSSR count). The van der Waals surface area contributed by atoms with Gasteiger partial charge in [0.15, 0.2) is 11.8 Å². The van der Waals surface area contributed by atoms with E-state index in [1.54, 1.807) is 0 Å². The highest BCUT2D eigenvalue weighted by molar-refractivity contribution is 5.94. The van der Waals surface area contributed by atoms with Crippen molar-refractivity contribution >= 4 is 22.5 Å². The van der Waals surface area contributed by atoms with Crippen LogP contribution >= 0.6 is 0 Å². The van der Waals surface area contributed by atoms with Gasteiger partial charge in [-0.1, -0.05) is 0 Å². The molecular formula is C17H13F2N3O3. The van der Waals surface area contributed by atoms with Crippen molar-refractivity contribution < 1.29 is 23.4 Å². The Balaban J connectivity index is 1.76. The lowest BCUT2D eigenvalue weighted by atomic mass is 10.2. The highest BCUT2D eigenvalue weighted by Crippen LogP contribution is 2.35. The number of hydrogen-bond donors (Lipinski definition) is 2. The number of fused-ring (bicyclic) bond motifs is 1. The van der Waals surface area contributed by atoms with Crippen LogP contribution < -0.4 is 4.74 Å². The molecule has 6 nitrogen and oxygen atoms in total. The summed E-state index contributed by atoms with van der Waals surface area (Å²) in [6.07, 6.45) is -0.959. The van der Waals surface area contributed by atoms with E-state index in [4.69, 9.17) is 4.74 Å². The summed E-state index contributed by atoms with van der Waals surface area (Å²) < 4.78 is 31.4. The molecule has 2 aromatic carbocycles. The maximum absolute atomic E-state index is 13.2. The van der Waals surface area contributed by atoms with Gasteiger partial charge < -0.3 is 14.8 Å². The van der Waals surface area contributed by atoms with Gasteiger partial charge in [-0.25, -0.2) is 8.78 Å². The van der Waals surface area contributed by atoms with Crippen LogP contribution in [0.25, 0.3) is 10.9 Å². The minimum absolute atomic E-state index is 0.0253. The maximum atomic E-state index is 13.2. The Kier molecular flexibility index (Phi) is 4.42. The third-order valence-corrected chi connectivity index (χ3v) is 3.44. The minimum atomic E-state index is -0.959. The van der Waals surface area contributed by atoms with Gasteiger partial charge in [-0.3, -0.25) is 4.79 Å². The summed E-state index contributed by atoms with van der Waals surface area (Å²) in [7, 11) is 0. The lowest BCUT2D eigenvalue weighted by molar-refractivity contribution is -0.124. The second kappa shape index (κ2) is 6.68. The van der Waals surface area contributed by atoms with Gasteiger partial charge in [0.2, 0.25) is 5.88 Å². The van der Waals surface area contributed by atoms with Crippen LogP contribution in [-0.2, 0) is 4.79 Å². The summed E-state index contributed by atoms with van der Waals surface area (Å²) in [6, 6.07) is 8.99. The molecule has 0 saturated carbocycles. The maximum Gasteiger partial charge on any atom is 0.304 e. The third kappa shape index (κ3) is 3.63. The smallest absolute Gasteiger partial charge is 0.304 e. The molecule has 0 aliphatic heterocycles. The first-order valence-corrected chi connectivity index (χ1v) is 7.32. The van der Waals surface area contributed by atoms with Crippen molar-refractivity contribution in [3.63, 3.8) is 0 Å². The number of nitrogens with one attached hydrogen (secondary N) is 1. The molecule has 0 fully saturated rings. The number of carbonyl (C=O) groups is 1. The van der Waals surface area contributed by atoms with E-state index in [0.29, 0.717) is 16.7 Å². The van der Waals surface area contributed by atoms with E-state index < -0.39 is 23.6 Å². The number of aromatic nitrogens is 1. The number of H-pyrrole nitrogens is 1. The SMILES string of the molecule is C[C@H](Oc1ccc(F)cc1)C(=O)N=Nc1c(O)[nH]c2cc(F)ccc12. The van der Waals surface area contributed by atoms with Gasteiger partial charge in [0.1, 0.15) is 17.4 Å². The predicted molar refractivity (Wildman–Crippen MR) is 85.9 cm³/mol. The summed E-state index contributed by atoms with van der Waals surface area (Å²) in [6.45, 7) is 1.47. The molecule has 0 aliphatic carbocycles. The molecule has 0 unspecified atom stereocenters. The zero-order valence-electron chi connectivity index (χ0n) is 13.0. The van der Waals surface area contributed by atoms with Crippen molar-refractivity contribution in [3.8, 4) is 11.6 Å². The van der Waals surface area contributed by atoms with Crippen LogP contribution in [-0.4, -0.2) is 22.1 Å².